The number of nitrogens with two attached hydrogens (primary N) is 2. The van der Waals surface area contributed by atoms with Gasteiger partial charge in [-0.05, 0) is 246 Å². The first-order valence-corrected chi connectivity index (χ1v) is 33.2. The molecule has 0 aromatic rings. The minimum atomic E-state index is -0.701. The van der Waals surface area contributed by atoms with Gasteiger partial charge in [0.2, 0.25) is 11.8 Å². The predicted molar refractivity (Wildman–Crippen MR) is 355 cm³/mol. The van der Waals surface area contributed by atoms with Gasteiger partial charge in [-0.2, -0.15) is 0 Å². The molecule has 10 rings (SSSR count). The smallest absolute Gasteiger partial charge is 0.323 e. The van der Waals surface area contributed by atoms with Gasteiger partial charge in [-0.3, -0.25) is 58.0 Å². The van der Waals surface area contributed by atoms with E-state index in [1.807, 2.05) is 64.0 Å². The number of likely N-dealkylation sites (N-methyl/N-ethyl adjacent to an activating group) is 4. The average Bonchev–Trinajstić information content (AvgIpc) is 2.13. The molecule has 0 aromatic heterocycles. The highest BCUT2D eigenvalue weighted by molar-refractivity contribution is 5.82. The third-order valence-electron chi connectivity index (χ3n) is 19.2. The normalized spacial score (nSPS) is 29.5. The van der Waals surface area contributed by atoms with Gasteiger partial charge in [-0.1, -0.05) is 0 Å². The standard InChI is InChI=1S/3C7H13NO2.2C7H13NO.2C6H12N2O.C6H11NO2.2C6H13NO/c1-7(6(9)10)4-3-5-8(7)2;1-8-3-2-6(5-8)4-7(9)10;1-8-4-2-3-6(8)5-7(9)10;1-6(9)7-3-4-8(2)5-7;1-6(9)7-4-3-5-8(7)2;1-8-3-2-5(4-8)6(7)9;1-8-4-2-3-5(8)6(7)9;1-7-3-2-5(4-7)6(8)9;1-7-4-3-6(5-7)8-2;1-7-5-3-4-6(7)8-2/h3-5H2,1-2H3,(H,9,10);2*6H,2-5H2,1H3,(H,9,10);2*7H,3-5H2,1-2H3;2*5H,2-4H2,1H3,(H2,7,9);5H,2-4H2,1H3,(H,8,9);2*6H,3-5H2,1-2H3. The van der Waals surface area contributed by atoms with Crippen molar-refractivity contribution in [3.63, 3.8) is 0 Å². The fourth-order valence-electron chi connectivity index (χ4n) is 12.8. The Bertz CT molecular complexity index is 2050. The highest BCUT2D eigenvalue weighted by Crippen LogP contribution is 2.27. The van der Waals surface area contributed by atoms with Crippen molar-refractivity contribution in [1.82, 2.24) is 49.0 Å². The van der Waals surface area contributed by atoms with Crippen LogP contribution in [0.15, 0.2) is 0 Å². The lowest BCUT2D eigenvalue weighted by Crippen LogP contribution is -2.45. The summed E-state index contributed by atoms with van der Waals surface area (Å²) in [6, 6.07) is 0.521. The lowest BCUT2D eigenvalue weighted by atomic mass is 10.0. The van der Waals surface area contributed by atoms with Crippen LogP contribution in [0.4, 0.5) is 0 Å². The topological polar surface area (TPSA) is 320 Å². The van der Waals surface area contributed by atoms with Crippen LogP contribution in [0.5, 0.6) is 0 Å². The molecule has 0 bridgehead atoms. The Kier molecular flexibility index (Phi) is 42.0. The summed E-state index contributed by atoms with van der Waals surface area (Å²) < 4.78 is 10.3. The number of ketones is 2. The number of likely N-dealkylation sites (tertiary alicyclic amines) is 10. The van der Waals surface area contributed by atoms with Crippen molar-refractivity contribution < 1.29 is 68.3 Å². The number of carboxylic acids is 4. The molecule has 10 aliphatic heterocycles. The van der Waals surface area contributed by atoms with Gasteiger partial charge in [-0.25, -0.2) is 0 Å². The lowest BCUT2D eigenvalue weighted by Gasteiger charge is -2.26. The molecule has 10 aliphatic rings. The van der Waals surface area contributed by atoms with Crippen molar-refractivity contribution >= 4 is 47.3 Å². The molecule has 10 atom stereocenters. The fraction of sp³-hybridized carbons (Fsp3) is 0.877. The van der Waals surface area contributed by atoms with E-state index in [9.17, 15) is 38.4 Å². The first-order chi connectivity index (χ1) is 42.6. The van der Waals surface area contributed by atoms with E-state index in [0.717, 1.165) is 156 Å². The Morgan fingerprint density at radius 3 is 1.12 bits per heavy atom. The molecule has 10 heterocycles. The summed E-state index contributed by atoms with van der Waals surface area (Å²) in [5, 5.41) is 34.2. The van der Waals surface area contributed by atoms with Crippen molar-refractivity contribution in [2.75, 3.05) is 183 Å². The van der Waals surface area contributed by atoms with Gasteiger partial charge < -0.3 is 70.8 Å². The number of amides is 2. The quantitative estimate of drug-likeness (QED) is 0.164. The number of nitrogens with zero attached hydrogens (tertiary/aromatic N) is 10. The molecule has 0 radical (unpaired) electrons. The number of methoxy groups -OCH3 is 2. The molecular formula is C65H126N12O14. The van der Waals surface area contributed by atoms with Crippen LogP contribution in [0, 0.1) is 23.7 Å². The van der Waals surface area contributed by atoms with Crippen LogP contribution < -0.4 is 11.5 Å². The second-order valence-electron chi connectivity index (χ2n) is 27.1. The van der Waals surface area contributed by atoms with Gasteiger partial charge in [0.15, 0.2) is 0 Å². The monoisotopic (exact) mass is 1300 g/mol. The molecule has 0 aliphatic carbocycles. The molecule has 8 N–H and O–H groups in total. The van der Waals surface area contributed by atoms with Crippen molar-refractivity contribution in [3.8, 4) is 0 Å². The minimum absolute atomic E-state index is 0.00463. The van der Waals surface area contributed by atoms with Crippen LogP contribution >= 0.6 is 0 Å². The van der Waals surface area contributed by atoms with E-state index in [0.29, 0.717) is 48.6 Å². The second-order valence-corrected chi connectivity index (χ2v) is 27.1. The first kappa shape index (κ1) is 84.7. The second kappa shape index (κ2) is 45.1. The molecule has 0 spiro atoms. The molecule has 0 saturated carbocycles. The molecule has 0 aromatic carbocycles. The molecular weight excluding hydrogens is 1170 g/mol. The Balaban J connectivity index is 0.000000506. The summed E-state index contributed by atoms with van der Waals surface area (Å²) in [4.78, 5) is 105. The number of primary amides is 2. The van der Waals surface area contributed by atoms with Gasteiger partial charge in [0, 0.05) is 78.4 Å². The molecule has 10 saturated heterocycles. The van der Waals surface area contributed by atoms with Crippen LogP contribution in [0.3, 0.4) is 0 Å². The molecule has 91 heavy (non-hydrogen) atoms. The molecule has 10 unspecified atom stereocenters. The average molecular weight is 1300 g/mol. The van der Waals surface area contributed by atoms with Gasteiger partial charge in [0.25, 0.3) is 0 Å². The Morgan fingerprint density at radius 2 is 0.890 bits per heavy atom. The highest BCUT2D eigenvalue weighted by atomic mass is 16.5. The van der Waals surface area contributed by atoms with E-state index in [2.05, 4.69) is 55.4 Å². The number of ether oxygens (including phenoxy) is 2. The van der Waals surface area contributed by atoms with Crippen molar-refractivity contribution in [3.05, 3.63) is 0 Å². The first-order valence-electron chi connectivity index (χ1n) is 33.2. The van der Waals surface area contributed by atoms with Crippen LogP contribution in [0.25, 0.3) is 0 Å². The van der Waals surface area contributed by atoms with Crippen LogP contribution in [-0.2, 0) is 47.8 Å². The molecule has 2 amide bonds. The summed E-state index contributed by atoms with van der Waals surface area (Å²) in [6.45, 7) is 20.2. The number of rotatable bonds is 12. The Morgan fingerprint density at radius 1 is 0.440 bits per heavy atom. The van der Waals surface area contributed by atoms with Gasteiger partial charge in [-0.15, -0.1) is 0 Å². The molecule has 26 heteroatoms. The largest absolute Gasteiger partial charge is 0.481 e. The predicted octanol–water partition coefficient (Wildman–Crippen LogP) is 2.75. The van der Waals surface area contributed by atoms with Crippen molar-refractivity contribution in [2.45, 2.75) is 166 Å². The van der Waals surface area contributed by atoms with Crippen molar-refractivity contribution in [2.24, 2.45) is 35.1 Å². The maximum atomic E-state index is 10.8. The number of carboxylic acid groups (broad SMARTS) is 4. The molecule has 26 nitrogen and oxygen atoms in total. The van der Waals surface area contributed by atoms with E-state index in [-0.39, 0.29) is 41.8 Å². The summed E-state index contributed by atoms with van der Waals surface area (Å²) in [5.41, 5.74) is 9.60. The minimum Gasteiger partial charge on any atom is -0.481 e. The molecule has 10 fully saturated rings. The SMILES string of the molecule is CC(=O)C1CCCN1C.CC(=O)C1CCN(C)C1.CN1CCC(C(=O)O)C1.CN1CCC(C(N)=O)C1.CN1CCC(CC(=O)O)C1.CN1CCCC1(C)C(=O)O.CN1CCCC1C(N)=O.CN1CCCC1CC(=O)O.COC1CCCN1C.COC1CCN(C)C1. The molecule has 530 valence electrons. The number of Topliss-reactive ketones (excluding diaryl/α,β-unsaturated/α-hetero) is 2. The maximum absolute atomic E-state index is 10.8. The zero-order valence-electron chi connectivity index (χ0n) is 58.8. The number of carbonyl (C=O) groups is 8. The highest BCUT2D eigenvalue weighted by Gasteiger charge is 2.41. The summed E-state index contributed by atoms with van der Waals surface area (Å²) in [7, 11) is 23.6. The Hall–Kier alpha value is -4.32. The van der Waals surface area contributed by atoms with E-state index >= 15 is 0 Å². The number of aliphatic carboxylic acids is 4. The maximum Gasteiger partial charge on any atom is 0.323 e. The van der Waals surface area contributed by atoms with Crippen LogP contribution in [0.1, 0.15) is 130 Å². The lowest BCUT2D eigenvalue weighted by molar-refractivity contribution is -0.148. The zero-order chi connectivity index (χ0) is 69.1. The van der Waals surface area contributed by atoms with E-state index in [1.165, 1.54) is 38.8 Å². The number of hydrogen-bond donors (Lipinski definition) is 6. The Labute approximate surface area is 546 Å². The van der Waals surface area contributed by atoms with E-state index in [1.54, 1.807) is 35.0 Å². The van der Waals surface area contributed by atoms with Gasteiger partial charge in [0.05, 0.1) is 36.4 Å². The summed E-state index contributed by atoms with van der Waals surface area (Å²) >= 11 is 0. The fourth-order valence-corrected chi connectivity index (χ4v) is 12.8. The van der Waals surface area contributed by atoms with Crippen LogP contribution in [-0.4, -0.2) is 336 Å². The van der Waals surface area contributed by atoms with Crippen molar-refractivity contribution in [1.29, 1.82) is 0 Å². The number of carbonyl (C=O) groups excluding carboxylic acids is 4. The number of hydrogen-bond acceptors (Lipinski definition) is 20. The van der Waals surface area contributed by atoms with Gasteiger partial charge >= 0.3 is 23.9 Å². The summed E-state index contributed by atoms with van der Waals surface area (Å²) in [5.74, 6) is -1.67. The summed E-state index contributed by atoms with van der Waals surface area (Å²) in [6.07, 6.45) is 17.3. The van der Waals surface area contributed by atoms with E-state index < -0.39 is 29.4 Å². The van der Waals surface area contributed by atoms with Gasteiger partial charge in [0.1, 0.15) is 23.3 Å². The van der Waals surface area contributed by atoms with Crippen LogP contribution in [0.2, 0.25) is 0 Å². The third-order valence-corrected chi connectivity index (χ3v) is 19.2. The van der Waals surface area contributed by atoms with E-state index in [4.69, 9.17) is 41.4 Å². The zero-order valence-corrected chi connectivity index (χ0v) is 58.8. The third kappa shape index (κ3) is 34.6.